The zero-order valence-electron chi connectivity index (χ0n) is 19.0. The van der Waals surface area contributed by atoms with Gasteiger partial charge in [0.1, 0.15) is 0 Å². The number of rotatable bonds is 6. The van der Waals surface area contributed by atoms with Crippen molar-refractivity contribution in [2.45, 2.75) is 0 Å². The van der Waals surface area contributed by atoms with E-state index in [1.807, 2.05) is 97.1 Å². The molecule has 0 radical (unpaired) electrons. The molecule has 0 heterocycles. The highest BCUT2D eigenvalue weighted by atomic mass is 32.2. The van der Waals surface area contributed by atoms with E-state index in [1.165, 1.54) is 11.8 Å². The van der Waals surface area contributed by atoms with Gasteiger partial charge in [0.2, 0.25) is 0 Å². The maximum atomic E-state index is 13.5. The third-order valence-corrected chi connectivity index (χ3v) is 7.50. The Hall–Kier alpha value is -3.95. The van der Waals surface area contributed by atoms with Crippen LogP contribution in [0.3, 0.4) is 0 Å². The van der Waals surface area contributed by atoms with E-state index < -0.39 is 0 Å². The maximum absolute atomic E-state index is 13.5. The fraction of sp³-hybridized carbons (Fsp3) is 0.0625. The van der Waals surface area contributed by atoms with Gasteiger partial charge in [0.05, 0.1) is 11.5 Å². The van der Waals surface area contributed by atoms with Gasteiger partial charge >= 0.3 is 0 Å². The van der Waals surface area contributed by atoms with E-state index in [1.54, 1.807) is 0 Å². The van der Waals surface area contributed by atoms with Gasteiger partial charge in [-0.25, -0.2) is 0 Å². The van der Waals surface area contributed by atoms with E-state index in [9.17, 15) is 9.59 Å². The van der Waals surface area contributed by atoms with Crippen LogP contribution in [-0.4, -0.2) is 23.1 Å². The molecule has 6 aromatic carbocycles. The first-order valence-electron chi connectivity index (χ1n) is 11.7. The lowest BCUT2D eigenvalue weighted by Crippen LogP contribution is -2.09. The third kappa shape index (κ3) is 3.88. The molecule has 0 unspecified atom stereocenters. The molecular formula is C32H22O2S. The number of Topliss-reactive ketones (excluding diaryl/α,β-unsaturated/α-hetero) is 2. The van der Waals surface area contributed by atoms with Crippen LogP contribution in [-0.2, 0) is 0 Å². The Kier molecular flexibility index (Phi) is 5.55. The lowest BCUT2D eigenvalue weighted by molar-refractivity contribution is 0.102. The quantitative estimate of drug-likeness (QED) is 0.182. The van der Waals surface area contributed by atoms with Gasteiger partial charge in [0, 0.05) is 11.1 Å². The Morgan fingerprint density at radius 3 is 1.06 bits per heavy atom. The number of thioether (sulfide) groups is 1. The molecule has 3 heteroatoms. The predicted molar refractivity (Wildman–Crippen MR) is 149 cm³/mol. The summed E-state index contributed by atoms with van der Waals surface area (Å²) in [5, 5.41) is 8.06. The second-order valence-electron chi connectivity index (χ2n) is 8.73. The number of benzene rings is 6. The summed E-state index contributed by atoms with van der Waals surface area (Å²) < 4.78 is 0. The molecule has 0 N–H and O–H groups in total. The lowest BCUT2D eigenvalue weighted by atomic mass is 9.95. The van der Waals surface area contributed by atoms with Crippen molar-refractivity contribution in [1.29, 1.82) is 0 Å². The molecular weight excluding hydrogens is 448 g/mol. The van der Waals surface area contributed by atoms with Crippen LogP contribution in [0.15, 0.2) is 109 Å². The minimum absolute atomic E-state index is 0.0542. The van der Waals surface area contributed by atoms with Gasteiger partial charge in [0.15, 0.2) is 11.6 Å². The highest BCUT2D eigenvalue weighted by Crippen LogP contribution is 2.31. The van der Waals surface area contributed by atoms with Crippen LogP contribution in [0.5, 0.6) is 0 Å². The van der Waals surface area contributed by atoms with Crippen molar-refractivity contribution in [3.05, 3.63) is 120 Å². The molecule has 168 valence electrons. The van der Waals surface area contributed by atoms with Crippen molar-refractivity contribution in [3.8, 4) is 0 Å². The molecule has 0 saturated carbocycles. The van der Waals surface area contributed by atoms with Gasteiger partial charge in [0.25, 0.3) is 0 Å². The minimum Gasteiger partial charge on any atom is -0.293 e. The van der Waals surface area contributed by atoms with E-state index in [2.05, 4.69) is 12.1 Å². The SMILES string of the molecule is O=C(CSCC(=O)c1c2ccccc2cc2ccccc12)c1c2ccccc2cc2ccccc12. The lowest BCUT2D eigenvalue weighted by Gasteiger charge is -2.12. The van der Waals surface area contributed by atoms with Crippen LogP contribution in [0.25, 0.3) is 43.1 Å². The van der Waals surface area contributed by atoms with E-state index in [-0.39, 0.29) is 23.1 Å². The number of fused-ring (bicyclic) bond motifs is 4. The number of carbonyl (C=O) groups excluding carboxylic acids is 2. The van der Waals surface area contributed by atoms with Crippen molar-refractivity contribution < 1.29 is 9.59 Å². The second-order valence-corrected chi connectivity index (χ2v) is 9.71. The molecule has 0 bridgehead atoms. The van der Waals surface area contributed by atoms with Crippen molar-refractivity contribution in [3.63, 3.8) is 0 Å². The van der Waals surface area contributed by atoms with Crippen LogP contribution in [0, 0.1) is 0 Å². The summed E-state index contributed by atoms with van der Waals surface area (Å²) in [5.74, 6) is 0.621. The molecule has 0 saturated heterocycles. The van der Waals surface area contributed by atoms with Gasteiger partial charge in [-0.2, -0.15) is 0 Å². The summed E-state index contributed by atoms with van der Waals surface area (Å²) in [7, 11) is 0. The molecule has 0 fully saturated rings. The van der Waals surface area contributed by atoms with Gasteiger partial charge in [-0.3, -0.25) is 9.59 Å². The standard InChI is InChI=1S/C32H22O2S/c33-29(31-25-13-5-1-9-21(25)17-22-10-2-6-14-26(22)31)19-35-20-30(34)32-27-15-7-3-11-23(27)18-24-12-4-8-16-28(24)32/h1-18H,19-20H2. The minimum atomic E-state index is 0.0542. The molecule has 6 rings (SSSR count). The second kappa shape index (κ2) is 9.01. The van der Waals surface area contributed by atoms with Gasteiger partial charge in [-0.15, -0.1) is 11.8 Å². The van der Waals surface area contributed by atoms with Crippen LogP contribution < -0.4 is 0 Å². The van der Waals surface area contributed by atoms with Gasteiger partial charge < -0.3 is 0 Å². The van der Waals surface area contributed by atoms with Gasteiger partial charge in [-0.1, -0.05) is 97.1 Å². The Labute approximate surface area is 207 Å². The first-order chi connectivity index (χ1) is 17.2. The van der Waals surface area contributed by atoms with Crippen molar-refractivity contribution in [2.75, 3.05) is 11.5 Å². The number of carbonyl (C=O) groups is 2. The van der Waals surface area contributed by atoms with Crippen molar-refractivity contribution in [2.24, 2.45) is 0 Å². The first kappa shape index (κ1) is 21.6. The maximum Gasteiger partial charge on any atom is 0.173 e. The summed E-state index contributed by atoms with van der Waals surface area (Å²) in [5.41, 5.74) is 1.49. The number of ketones is 2. The molecule has 0 aliphatic heterocycles. The smallest absolute Gasteiger partial charge is 0.173 e. The van der Waals surface area contributed by atoms with Crippen LogP contribution in [0.1, 0.15) is 20.7 Å². The Balaban J connectivity index is 1.31. The molecule has 35 heavy (non-hydrogen) atoms. The number of hydrogen-bond acceptors (Lipinski definition) is 3. The van der Waals surface area contributed by atoms with Crippen molar-refractivity contribution in [1.82, 2.24) is 0 Å². The molecule has 6 aromatic rings. The van der Waals surface area contributed by atoms with E-state index >= 15 is 0 Å². The summed E-state index contributed by atoms with van der Waals surface area (Å²) in [6.45, 7) is 0. The Bertz CT molecular complexity index is 1530. The monoisotopic (exact) mass is 470 g/mol. The average molecular weight is 471 g/mol. The fourth-order valence-electron chi connectivity index (χ4n) is 5.01. The summed E-state index contributed by atoms with van der Waals surface area (Å²) in [6.07, 6.45) is 0. The number of hydrogen-bond donors (Lipinski definition) is 0. The summed E-state index contributed by atoms with van der Waals surface area (Å²) in [4.78, 5) is 27.0. The highest BCUT2D eigenvalue weighted by Gasteiger charge is 2.18. The first-order valence-corrected chi connectivity index (χ1v) is 12.8. The zero-order valence-corrected chi connectivity index (χ0v) is 19.8. The molecule has 0 aliphatic carbocycles. The summed E-state index contributed by atoms with van der Waals surface area (Å²) in [6, 6.07) is 36.3. The van der Waals surface area contributed by atoms with Crippen molar-refractivity contribution >= 4 is 66.4 Å². The molecule has 0 atom stereocenters. The fourth-order valence-corrected chi connectivity index (χ4v) is 5.77. The predicted octanol–water partition coefficient (Wildman–Crippen LogP) is 8.10. The summed E-state index contributed by atoms with van der Waals surface area (Å²) >= 11 is 1.39. The van der Waals surface area contributed by atoms with Crippen LogP contribution in [0.2, 0.25) is 0 Å². The molecule has 2 nitrogen and oxygen atoms in total. The normalized spacial score (nSPS) is 11.4. The molecule has 0 spiro atoms. The van der Waals surface area contributed by atoms with E-state index in [4.69, 9.17) is 0 Å². The van der Waals surface area contributed by atoms with Crippen LogP contribution in [0.4, 0.5) is 0 Å². The average Bonchev–Trinajstić information content (AvgIpc) is 2.90. The van der Waals surface area contributed by atoms with Crippen LogP contribution >= 0.6 is 11.8 Å². The Morgan fingerprint density at radius 2 is 0.743 bits per heavy atom. The molecule has 0 aliphatic rings. The molecule has 0 aromatic heterocycles. The third-order valence-electron chi connectivity index (χ3n) is 6.57. The topological polar surface area (TPSA) is 34.1 Å². The highest BCUT2D eigenvalue weighted by molar-refractivity contribution is 8.00. The largest absolute Gasteiger partial charge is 0.293 e. The molecule has 0 amide bonds. The Morgan fingerprint density at radius 1 is 0.457 bits per heavy atom. The van der Waals surface area contributed by atoms with E-state index in [0.717, 1.165) is 54.2 Å². The van der Waals surface area contributed by atoms with E-state index in [0.29, 0.717) is 0 Å². The van der Waals surface area contributed by atoms with Gasteiger partial charge in [-0.05, 0) is 55.2 Å². The zero-order chi connectivity index (χ0) is 23.8.